The number of H-pyrrole nitrogens is 1. The van der Waals surface area contributed by atoms with E-state index < -0.39 is 0 Å². The number of aliphatic imine (C=N–C) groups is 1. The number of fused-ring (bicyclic) bond motifs is 1. The molecule has 0 bridgehead atoms. The van der Waals surface area contributed by atoms with Crippen molar-refractivity contribution in [2.75, 3.05) is 19.6 Å². The number of aromatic amines is 1. The highest BCUT2D eigenvalue weighted by Crippen LogP contribution is 2.22. The van der Waals surface area contributed by atoms with Crippen molar-refractivity contribution in [1.82, 2.24) is 25.9 Å². The Morgan fingerprint density at radius 2 is 2.27 bits per heavy atom. The standard InChI is InChI=1S/C17H18ClFN6O/c18-10-3-11-12(7-23-15(11)22-6-10)16-24-8-13(19)17(25-16)21-5-9-1-2-14(26)20-4-9/h3,6-7,9,21H,1-2,4-5,8H2,(H,20,26)(H,22,23)(H,24,25). The number of amides is 1. The molecule has 0 aromatic carbocycles. The van der Waals surface area contributed by atoms with Crippen molar-refractivity contribution in [3.63, 3.8) is 0 Å². The molecule has 1 unspecified atom stereocenters. The molecule has 4 rings (SSSR count). The van der Waals surface area contributed by atoms with Crippen molar-refractivity contribution in [3.05, 3.63) is 40.7 Å². The van der Waals surface area contributed by atoms with Gasteiger partial charge in [0, 0.05) is 42.9 Å². The fourth-order valence-electron chi connectivity index (χ4n) is 3.12. The van der Waals surface area contributed by atoms with Gasteiger partial charge in [0.1, 0.15) is 11.5 Å². The zero-order valence-corrected chi connectivity index (χ0v) is 14.7. The maximum atomic E-state index is 14.2. The van der Waals surface area contributed by atoms with Crippen LogP contribution in [0.1, 0.15) is 18.4 Å². The number of carbonyl (C=O) groups is 1. The zero-order valence-electron chi connectivity index (χ0n) is 13.9. The number of amidine groups is 1. The number of nitrogens with zero attached hydrogens (tertiary/aromatic N) is 2. The minimum absolute atomic E-state index is 0.0588. The highest BCUT2D eigenvalue weighted by atomic mass is 35.5. The lowest BCUT2D eigenvalue weighted by Gasteiger charge is -2.24. The molecular weight excluding hydrogens is 359 g/mol. The Morgan fingerprint density at radius 1 is 1.38 bits per heavy atom. The number of nitrogens with one attached hydrogen (secondary N) is 4. The van der Waals surface area contributed by atoms with Crippen LogP contribution in [0.15, 0.2) is 35.1 Å². The molecule has 2 aliphatic rings. The van der Waals surface area contributed by atoms with Crippen molar-refractivity contribution in [2.45, 2.75) is 12.8 Å². The van der Waals surface area contributed by atoms with Gasteiger partial charge in [-0.3, -0.25) is 4.79 Å². The Morgan fingerprint density at radius 3 is 3.08 bits per heavy atom. The van der Waals surface area contributed by atoms with E-state index in [2.05, 4.69) is 30.9 Å². The van der Waals surface area contributed by atoms with Gasteiger partial charge in [0.25, 0.3) is 0 Å². The van der Waals surface area contributed by atoms with E-state index in [1.54, 1.807) is 18.5 Å². The Labute approximate surface area is 154 Å². The molecule has 7 nitrogen and oxygen atoms in total. The molecule has 0 aliphatic carbocycles. The van der Waals surface area contributed by atoms with Crippen LogP contribution in [0.3, 0.4) is 0 Å². The summed E-state index contributed by atoms with van der Waals surface area (Å²) in [5, 5.41) is 10.2. The molecule has 1 amide bonds. The summed E-state index contributed by atoms with van der Waals surface area (Å²) in [6.07, 6.45) is 4.63. The lowest BCUT2D eigenvalue weighted by Crippen LogP contribution is -2.40. The number of halogens is 2. The second-order valence-electron chi connectivity index (χ2n) is 6.41. The molecule has 26 heavy (non-hydrogen) atoms. The van der Waals surface area contributed by atoms with Gasteiger partial charge in [-0.25, -0.2) is 14.4 Å². The topological polar surface area (TPSA) is 94.2 Å². The van der Waals surface area contributed by atoms with E-state index in [-0.39, 0.29) is 30.0 Å². The minimum Gasteiger partial charge on any atom is -0.367 e. The first-order valence-electron chi connectivity index (χ1n) is 8.45. The van der Waals surface area contributed by atoms with E-state index in [1.165, 1.54) is 0 Å². The van der Waals surface area contributed by atoms with E-state index in [0.717, 1.165) is 17.4 Å². The third-order valence-corrected chi connectivity index (χ3v) is 4.78. The number of piperidine rings is 1. The molecule has 4 heterocycles. The van der Waals surface area contributed by atoms with Gasteiger partial charge in [-0.2, -0.15) is 0 Å². The second kappa shape index (κ2) is 6.95. The maximum absolute atomic E-state index is 14.2. The van der Waals surface area contributed by atoms with E-state index in [4.69, 9.17) is 11.6 Å². The summed E-state index contributed by atoms with van der Waals surface area (Å²) in [6, 6.07) is 1.80. The van der Waals surface area contributed by atoms with Crippen molar-refractivity contribution in [2.24, 2.45) is 10.9 Å². The van der Waals surface area contributed by atoms with Gasteiger partial charge in [-0.1, -0.05) is 11.6 Å². The van der Waals surface area contributed by atoms with Crippen LogP contribution >= 0.6 is 11.6 Å². The average molecular weight is 377 g/mol. The normalized spacial score (nSPS) is 20.6. The molecule has 1 fully saturated rings. The average Bonchev–Trinajstić information content (AvgIpc) is 3.05. The van der Waals surface area contributed by atoms with Gasteiger partial charge in [0.15, 0.2) is 11.6 Å². The third-order valence-electron chi connectivity index (χ3n) is 4.57. The first-order valence-corrected chi connectivity index (χ1v) is 8.82. The third kappa shape index (κ3) is 3.37. The van der Waals surface area contributed by atoms with Crippen LogP contribution in [0.4, 0.5) is 4.39 Å². The number of carbonyl (C=O) groups excluding carboxylic acids is 1. The van der Waals surface area contributed by atoms with Crippen molar-refractivity contribution >= 4 is 34.4 Å². The van der Waals surface area contributed by atoms with E-state index in [0.29, 0.717) is 36.0 Å². The molecule has 9 heteroatoms. The number of pyridine rings is 1. The quantitative estimate of drug-likeness (QED) is 0.654. The highest BCUT2D eigenvalue weighted by Gasteiger charge is 2.21. The Hall–Kier alpha value is -2.61. The molecule has 0 radical (unpaired) electrons. The fourth-order valence-corrected chi connectivity index (χ4v) is 3.28. The number of rotatable bonds is 4. The maximum Gasteiger partial charge on any atom is 0.220 e. The molecule has 1 atom stereocenters. The van der Waals surface area contributed by atoms with Crippen LogP contribution in [0.5, 0.6) is 0 Å². The summed E-state index contributed by atoms with van der Waals surface area (Å²) in [4.78, 5) is 22.9. The highest BCUT2D eigenvalue weighted by molar-refractivity contribution is 6.31. The first-order chi connectivity index (χ1) is 12.6. The van der Waals surface area contributed by atoms with Crippen molar-refractivity contribution in [3.8, 4) is 0 Å². The van der Waals surface area contributed by atoms with Gasteiger partial charge >= 0.3 is 0 Å². The van der Waals surface area contributed by atoms with Crippen LogP contribution in [0.25, 0.3) is 11.0 Å². The summed E-state index contributed by atoms with van der Waals surface area (Å²) in [7, 11) is 0. The summed E-state index contributed by atoms with van der Waals surface area (Å²) >= 11 is 6.04. The first kappa shape index (κ1) is 16.8. The molecule has 0 spiro atoms. The fraction of sp³-hybridized carbons (Fsp3) is 0.353. The number of aromatic nitrogens is 2. The van der Waals surface area contributed by atoms with Gasteiger partial charge in [0.2, 0.25) is 5.91 Å². The van der Waals surface area contributed by atoms with Crippen LogP contribution in [0, 0.1) is 5.92 Å². The monoisotopic (exact) mass is 376 g/mol. The molecule has 1 saturated heterocycles. The predicted molar refractivity (Wildman–Crippen MR) is 97.5 cm³/mol. The van der Waals surface area contributed by atoms with Crippen molar-refractivity contribution in [1.29, 1.82) is 0 Å². The van der Waals surface area contributed by atoms with Gasteiger partial charge in [-0.05, 0) is 18.4 Å². The number of hydrogen-bond acceptors (Lipinski definition) is 5. The van der Waals surface area contributed by atoms with Gasteiger partial charge in [0.05, 0.1) is 11.6 Å². The molecule has 4 N–H and O–H groups in total. The van der Waals surface area contributed by atoms with E-state index in [1.807, 2.05) is 0 Å². The lowest BCUT2D eigenvalue weighted by atomic mass is 9.99. The smallest absolute Gasteiger partial charge is 0.220 e. The van der Waals surface area contributed by atoms with Gasteiger partial charge < -0.3 is 20.9 Å². The number of hydrogen-bond donors (Lipinski definition) is 4. The Kier molecular flexibility index (Phi) is 4.50. The lowest BCUT2D eigenvalue weighted by molar-refractivity contribution is -0.122. The minimum atomic E-state index is -0.343. The van der Waals surface area contributed by atoms with E-state index >= 15 is 0 Å². The molecular formula is C17H18ClFN6O. The molecule has 136 valence electrons. The summed E-state index contributed by atoms with van der Waals surface area (Å²) < 4.78 is 14.2. The summed E-state index contributed by atoms with van der Waals surface area (Å²) in [5.74, 6) is 0.767. The van der Waals surface area contributed by atoms with Crippen LogP contribution in [-0.4, -0.2) is 41.3 Å². The largest absolute Gasteiger partial charge is 0.367 e. The molecule has 2 aromatic heterocycles. The predicted octanol–water partition coefficient (Wildman–Crippen LogP) is 1.82. The molecule has 0 saturated carbocycles. The second-order valence-corrected chi connectivity index (χ2v) is 6.85. The molecule has 2 aliphatic heterocycles. The van der Waals surface area contributed by atoms with Crippen LogP contribution in [0.2, 0.25) is 5.02 Å². The van der Waals surface area contributed by atoms with Crippen LogP contribution in [-0.2, 0) is 4.79 Å². The molecule has 2 aromatic rings. The van der Waals surface area contributed by atoms with Gasteiger partial charge in [-0.15, -0.1) is 0 Å². The zero-order chi connectivity index (χ0) is 18.1. The Balaban J connectivity index is 1.53. The summed E-state index contributed by atoms with van der Waals surface area (Å²) in [6.45, 7) is 1.21. The summed E-state index contributed by atoms with van der Waals surface area (Å²) in [5.41, 5.74) is 1.48. The van der Waals surface area contributed by atoms with Crippen LogP contribution < -0.4 is 16.0 Å². The SMILES string of the molecule is O=C1CCC(CNC2=C(F)CNC(c3c[nH]c4ncc(Cl)cc34)=N2)CN1. The van der Waals surface area contributed by atoms with E-state index in [9.17, 15) is 9.18 Å². The Bertz CT molecular complexity index is 911. The van der Waals surface area contributed by atoms with Crippen molar-refractivity contribution < 1.29 is 9.18 Å².